The van der Waals surface area contributed by atoms with Gasteiger partial charge in [-0.05, 0) is 62.2 Å². The fourth-order valence-corrected chi connectivity index (χ4v) is 5.18. The third-order valence-electron chi connectivity index (χ3n) is 5.01. The summed E-state index contributed by atoms with van der Waals surface area (Å²) >= 11 is 12.0. The summed E-state index contributed by atoms with van der Waals surface area (Å²) in [6.07, 6.45) is 0.792. The van der Waals surface area contributed by atoms with E-state index in [1.165, 1.54) is 40.7 Å². The molecule has 0 aromatic heterocycles. The van der Waals surface area contributed by atoms with Crippen molar-refractivity contribution in [2.75, 3.05) is 25.0 Å². The molecule has 0 aliphatic carbocycles. The number of sulfonamides is 1. The van der Waals surface area contributed by atoms with Gasteiger partial charge in [0.25, 0.3) is 0 Å². The maximum absolute atomic E-state index is 12.8. The van der Waals surface area contributed by atoms with Crippen LogP contribution in [0.1, 0.15) is 30.1 Å². The molecule has 7 nitrogen and oxygen atoms in total. The van der Waals surface area contributed by atoms with Crippen LogP contribution in [0.2, 0.25) is 10.0 Å². The molecule has 1 fully saturated rings. The Hall–Kier alpha value is -2.13. The zero-order chi connectivity index (χ0) is 22.6. The smallest absolute Gasteiger partial charge is 0.339 e. The molecule has 1 amide bonds. The number of esters is 1. The number of carbonyl (C=O) groups is 2. The van der Waals surface area contributed by atoms with Crippen molar-refractivity contribution >= 4 is 50.8 Å². The quantitative estimate of drug-likeness (QED) is 0.619. The highest BCUT2D eigenvalue weighted by Gasteiger charge is 2.32. The summed E-state index contributed by atoms with van der Waals surface area (Å²) in [7, 11) is -3.63. The van der Waals surface area contributed by atoms with Gasteiger partial charge < -0.3 is 10.1 Å². The van der Waals surface area contributed by atoms with E-state index in [-0.39, 0.29) is 47.0 Å². The summed E-state index contributed by atoms with van der Waals surface area (Å²) in [5.74, 6) is -1.08. The lowest BCUT2D eigenvalue weighted by Gasteiger charge is -2.30. The lowest BCUT2D eigenvalue weighted by molar-refractivity contribution is -0.120. The molecular weight excluding hydrogens is 463 g/mol. The van der Waals surface area contributed by atoms with Crippen molar-refractivity contribution in [3.05, 3.63) is 58.1 Å². The van der Waals surface area contributed by atoms with Gasteiger partial charge in [0.15, 0.2) is 0 Å². The lowest BCUT2D eigenvalue weighted by Crippen LogP contribution is -2.41. The molecule has 0 unspecified atom stereocenters. The van der Waals surface area contributed by atoms with Crippen LogP contribution in [-0.2, 0) is 19.6 Å². The fourth-order valence-electron chi connectivity index (χ4n) is 3.33. The minimum atomic E-state index is -3.63. The van der Waals surface area contributed by atoms with E-state index in [1.54, 1.807) is 13.0 Å². The Bertz CT molecular complexity index is 1070. The van der Waals surface area contributed by atoms with E-state index in [4.69, 9.17) is 27.9 Å². The van der Waals surface area contributed by atoms with Crippen molar-refractivity contribution in [2.24, 2.45) is 5.92 Å². The van der Waals surface area contributed by atoms with Crippen LogP contribution in [0.5, 0.6) is 0 Å². The molecule has 0 atom stereocenters. The maximum Gasteiger partial charge on any atom is 0.339 e. The summed E-state index contributed by atoms with van der Waals surface area (Å²) in [6.45, 7) is 2.42. The first-order valence-corrected chi connectivity index (χ1v) is 11.9. The number of nitrogens with one attached hydrogen (secondary N) is 1. The normalized spacial score (nSPS) is 15.5. The Morgan fingerprint density at radius 3 is 2.32 bits per heavy atom. The van der Waals surface area contributed by atoms with E-state index in [9.17, 15) is 18.0 Å². The molecule has 1 aliphatic rings. The Labute approximate surface area is 191 Å². The monoisotopic (exact) mass is 484 g/mol. The van der Waals surface area contributed by atoms with Gasteiger partial charge in [-0.2, -0.15) is 4.31 Å². The molecule has 3 rings (SSSR count). The standard InChI is InChI=1S/C21H22Cl2N2O5S/c1-2-30-21(27)18-8-5-16(13-19(18)23)24-20(26)14-9-11-25(12-10-14)31(28,29)17-6-3-15(22)4-7-17/h3-8,13-14H,2,9-12H2,1H3,(H,24,26). The van der Waals surface area contributed by atoms with Crippen LogP contribution in [0.25, 0.3) is 0 Å². The van der Waals surface area contributed by atoms with E-state index >= 15 is 0 Å². The zero-order valence-electron chi connectivity index (χ0n) is 16.8. The summed E-state index contributed by atoms with van der Waals surface area (Å²) < 4.78 is 31.8. The predicted molar refractivity (Wildman–Crippen MR) is 119 cm³/mol. The largest absolute Gasteiger partial charge is 0.462 e. The molecule has 2 aromatic carbocycles. The van der Waals surface area contributed by atoms with Crippen LogP contribution < -0.4 is 5.32 Å². The second kappa shape index (κ2) is 9.99. The van der Waals surface area contributed by atoms with Crippen molar-refractivity contribution in [2.45, 2.75) is 24.7 Å². The molecule has 2 aromatic rings. The number of ether oxygens (including phenoxy) is 1. The molecule has 1 N–H and O–H groups in total. The SMILES string of the molecule is CCOC(=O)c1ccc(NC(=O)C2CCN(S(=O)(=O)c3ccc(Cl)cc3)CC2)cc1Cl. The second-order valence-electron chi connectivity index (χ2n) is 7.04. The maximum atomic E-state index is 12.8. The highest BCUT2D eigenvalue weighted by atomic mass is 35.5. The number of benzene rings is 2. The average molecular weight is 485 g/mol. The first kappa shape index (κ1) is 23.5. The molecule has 1 saturated heterocycles. The predicted octanol–water partition coefficient (Wildman–Crippen LogP) is 4.21. The van der Waals surface area contributed by atoms with Crippen LogP contribution in [0.4, 0.5) is 5.69 Å². The molecule has 1 heterocycles. The van der Waals surface area contributed by atoms with Gasteiger partial charge in [-0.15, -0.1) is 0 Å². The number of halogens is 2. The third kappa shape index (κ3) is 5.57. The summed E-state index contributed by atoms with van der Waals surface area (Å²) in [5, 5.41) is 3.43. The molecule has 0 bridgehead atoms. The topological polar surface area (TPSA) is 92.8 Å². The van der Waals surface area contributed by atoms with Crippen LogP contribution >= 0.6 is 23.2 Å². The molecule has 0 spiro atoms. The van der Waals surface area contributed by atoms with E-state index in [0.29, 0.717) is 23.6 Å². The molecule has 10 heteroatoms. The van der Waals surface area contributed by atoms with Gasteiger partial charge in [-0.25, -0.2) is 13.2 Å². The van der Waals surface area contributed by atoms with Gasteiger partial charge in [-0.3, -0.25) is 4.79 Å². The second-order valence-corrected chi connectivity index (χ2v) is 9.82. The van der Waals surface area contributed by atoms with E-state index < -0.39 is 16.0 Å². The van der Waals surface area contributed by atoms with Gasteiger partial charge in [0.1, 0.15) is 0 Å². The van der Waals surface area contributed by atoms with E-state index in [2.05, 4.69) is 5.32 Å². The van der Waals surface area contributed by atoms with Crippen LogP contribution in [0.15, 0.2) is 47.4 Å². The average Bonchev–Trinajstić information content (AvgIpc) is 2.74. The number of carbonyl (C=O) groups excluding carboxylic acids is 2. The number of anilines is 1. The third-order valence-corrected chi connectivity index (χ3v) is 7.49. The Balaban J connectivity index is 1.60. The zero-order valence-corrected chi connectivity index (χ0v) is 19.1. The Kier molecular flexibility index (Phi) is 7.59. The molecule has 0 saturated carbocycles. The fraction of sp³-hybridized carbons (Fsp3) is 0.333. The Morgan fingerprint density at radius 1 is 1.10 bits per heavy atom. The summed E-state index contributed by atoms with van der Waals surface area (Å²) in [6, 6.07) is 10.6. The molecule has 0 radical (unpaired) electrons. The van der Waals surface area contributed by atoms with Crippen molar-refractivity contribution in [1.29, 1.82) is 0 Å². The number of hydrogen-bond donors (Lipinski definition) is 1. The van der Waals surface area contributed by atoms with Crippen molar-refractivity contribution < 1.29 is 22.7 Å². The minimum Gasteiger partial charge on any atom is -0.462 e. The van der Waals surface area contributed by atoms with Gasteiger partial charge in [0.05, 0.1) is 22.1 Å². The Morgan fingerprint density at radius 2 is 1.74 bits per heavy atom. The van der Waals surface area contributed by atoms with Crippen molar-refractivity contribution in [1.82, 2.24) is 4.31 Å². The highest BCUT2D eigenvalue weighted by molar-refractivity contribution is 7.89. The van der Waals surface area contributed by atoms with E-state index in [0.717, 1.165) is 0 Å². The van der Waals surface area contributed by atoms with Crippen LogP contribution in [-0.4, -0.2) is 44.3 Å². The molecule has 1 aliphatic heterocycles. The number of rotatable bonds is 6. The first-order chi connectivity index (χ1) is 14.7. The van der Waals surface area contributed by atoms with E-state index in [1.807, 2.05) is 0 Å². The van der Waals surface area contributed by atoms with Crippen LogP contribution in [0, 0.1) is 5.92 Å². The van der Waals surface area contributed by atoms with Crippen molar-refractivity contribution in [3.8, 4) is 0 Å². The van der Waals surface area contributed by atoms with Gasteiger partial charge in [0, 0.05) is 29.7 Å². The summed E-state index contributed by atoms with van der Waals surface area (Å²) in [4.78, 5) is 24.6. The van der Waals surface area contributed by atoms with Gasteiger partial charge in [0.2, 0.25) is 15.9 Å². The van der Waals surface area contributed by atoms with Crippen LogP contribution in [0.3, 0.4) is 0 Å². The number of amides is 1. The first-order valence-electron chi connectivity index (χ1n) is 9.75. The number of piperidine rings is 1. The number of hydrogen-bond acceptors (Lipinski definition) is 5. The number of nitrogens with zero attached hydrogens (tertiary/aromatic N) is 1. The highest BCUT2D eigenvalue weighted by Crippen LogP contribution is 2.27. The van der Waals surface area contributed by atoms with Crippen molar-refractivity contribution in [3.63, 3.8) is 0 Å². The molecular formula is C21H22Cl2N2O5S. The molecule has 166 valence electrons. The minimum absolute atomic E-state index is 0.177. The lowest BCUT2D eigenvalue weighted by atomic mass is 9.97. The summed E-state index contributed by atoms with van der Waals surface area (Å²) in [5.41, 5.74) is 0.682. The molecule has 31 heavy (non-hydrogen) atoms. The van der Waals surface area contributed by atoms with Gasteiger partial charge in [-0.1, -0.05) is 23.2 Å². The van der Waals surface area contributed by atoms with Gasteiger partial charge >= 0.3 is 5.97 Å².